The zero-order valence-electron chi connectivity index (χ0n) is 10.7. The third-order valence-electron chi connectivity index (χ3n) is 3.23. The summed E-state index contributed by atoms with van der Waals surface area (Å²) in [6.45, 7) is 1.65. The highest BCUT2D eigenvalue weighted by Crippen LogP contribution is 2.16. The van der Waals surface area contributed by atoms with Crippen molar-refractivity contribution in [2.24, 2.45) is 0 Å². The lowest BCUT2D eigenvalue weighted by atomic mass is 10.1. The number of anilines is 1. The molecule has 1 aliphatic heterocycles. The van der Waals surface area contributed by atoms with E-state index in [0.29, 0.717) is 24.4 Å². The van der Waals surface area contributed by atoms with Crippen molar-refractivity contribution in [1.29, 1.82) is 0 Å². The third-order valence-corrected chi connectivity index (χ3v) is 3.65. The molecule has 1 fully saturated rings. The number of hydrogen-bond acceptors (Lipinski definition) is 5. The maximum Gasteiger partial charge on any atom is 0.305 e. The highest BCUT2D eigenvalue weighted by Gasteiger charge is 2.18. The molecule has 1 N–H and O–H groups in total. The molecule has 2 heterocycles. The minimum atomic E-state index is -0.401. The van der Waals surface area contributed by atoms with Crippen LogP contribution in [-0.2, 0) is 6.42 Å². The standard InChI is InChI=1S/C12H18FN3O2S/c13-19-16-9-10(5-4-8-17)14-11(12(16)18)15-6-2-1-3-7-15/h9,17H,1-8H2. The number of nitrogens with zero attached hydrogens (tertiary/aromatic N) is 3. The maximum absolute atomic E-state index is 12.8. The Morgan fingerprint density at radius 1 is 1.37 bits per heavy atom. The fraction of sp³-hybridized carbons (Fsp3) is 0.667. The van der Waals surface area contributed by atoms with Gasteiger partial charge in [-0.25, -0.2) is 8.96 Å². The van der Waals surface area contributed by atoms with Gasteiger partial charge in [0, 0.05) is 25.9 Å². The van der Waals surface area contributed by atoms with E-state index in [2.05, 4.69) is 4.98 Å². The molecule has 0 unspecified atom stereocenters. The minimum absolute atomic E-state index is 0.0582. The van der Waals surface area contributed by atoms with Crippen LogP contribution in [0.1, 0.15) is 31.4 Å². The van der Waals surface area contributed by atoms with E-state index in [9.17, 15) is 8.68 Å². The first kappa shape index (κ1) is 14.3. The van der Waals surface area contributed by atoms with Gasteiger partial charge in [-0.1, -0.05) is 0 Å². The first-order valence-corrected chi connectivity index (χ1v) is 7.21. The summed E-state index contributed by atoms with van der Waals surface area (Å²) in [5, 5.41) is 8.84. The van der Waals surface area contributed by atoms with Crippen LogP contribution in [0.5, 0.6) is 0 Å². The van der Waals surface area contributed by atoms with Crippen LogP contribution < -0.4 is 10.5 Å². The van der Waals surface area contributed by atoms with Gasteiger partial charge in [-0.15, -0.1) is 3.89 Å². The Morgan fingerprint density at radius 3 is 2.74 bits per heavy atom. The summed E-state index contributed by atoms with van der Waals surface area (Å²) in [6.07, 6.45) is 5.73. The first-order valence-electron chi connectivity index (χ1n) is 6.53. The number of aryl methyl sites for hydroxylation is 1. The van der Waals surface area contributed by atoms with Crippen LogP contribution in [0.2, 0.25) is 0 Å². The smallest absolute Gasteiger partial charge is 0.305 e. The second-order valence-electron chi connectivity index (χ2n) is 4.63. The largest absolute Gasteiger partial charge is 0.396 e. The topological polar surface area (TPSA) is 58.4 Å². The molecule has 0 radical (unpaired) electrons. The Hall–Kier alpha value is -1.08. The number of aliphatic hydroxyl groups is 1. The molecule has 0 atom stereocenters. The Labute approximate surface area is 115 Å². The van der Waals surface area contributed by atoms with E-state index in [1.165, 1.54) is 6.20 Å². The second kappa shape index (κ2) is 6.91. The summed E-state index contributed by atoms with van der Waals surface area (Å²) in [4.78, 5) is 18.3. The highest BCUT2D eigenvalue weighted by atomic mass is 32.2. The van der Waals surface area contributed by atoms with E-state index >= 15 is 0 Å². The van der Waals surface area contributed by atoms with Crippen molar-refractivity contribution in [2.45, 2.75) is 32.1 Å². The quantitative estimate of drug-likeness (QED) is 0.890. The molecule has 1 aromatic heterocycles. The molecule has 1 aliphatic rings. The van der Waals surface area contributed by atoms with Gasteiger partial charge >= 0.3 is 5.56 Å². The molecule has 0 amide bonds. The predicted molar refractivity (Wildman–Crippen MR) is 74.1 cm³/mol. The van der Waals surface area contributed by atoms with E-state index in [-0.39, 0.29) is 18.9 Å². The van der Waals surface area contributed by atoms with Crippen LogP contribution >= 0.6 is 12.3 Å². The molecular formula is C12H18FN3O2S. The number of aliphatic hydroxyl groups excluding tert-OH is 1. The van der Waals surface area contributed by atoms with Gasteiger partial charge in [0.25, 0.3) is 0 Å². The summed E-state index contributed by atoms with van der Waals surface area (Å²) in [5.41, 5.74) is 0.238. The molecule has 5 nitrogen and oxygen atoms in total. The van der Waals surface area contributed by atoms with Crippen molar-refractivity contribution in [2.75, 3.05) is 24.6 Å². The van der Waals surface area contributed by atoms with Crippen molar-refractivity contribution in [1.82, 2.24) is 8.96 Å². The molecule has 1 saturated heterocycles. The second-order valence-corrected chi connectivity index (χ2v) is 5.16. The van der Waals surface area contributed by atoms with E-state index in [1.807, 2.05) is 4.90 Å². The summed E-state index contributed by atoms with van der Waals surface area (Å²) in [7, 11) is 0. The number of rotatable bonds is 5. The van der Waals surface area contributed by atoms with Crippen molar-refractivity contribution in [3.8, 4) is 0 Å². The molecular weight excluding hydrogens is 269 g/mol. The zero-order valence-corrected chi connectivity index (χ0v) is 11.5. The zero-order chi connectivity index (χ0) is 13.7. The van der Waals surface area contributed by atoms with Gasteiger partial charge in [0.15, 0.2) is 18.2 Å². The highest BCUT2D eigenvalue weighted by molar-refractivity contribution is 7.92. The van der Waals surface area contributed by atoms with Crippen molar-refractivity contribution in [3.63, 3.8) is 0 Å². The van der Waals surface area contributed by atoms with E-state index in [4.69, 9.17) is 5.11 Å². The molecule has 1 aromatic rings. The maximum atomic E-state index is 12.8. The van der Waals surface area contributed by atoms with Crippen molar-refractivity contribution in [3.05, 3.63) is 22.2 Å². The van der Waals surface area contributed by atoms with E-state index < -0.39 is 5.56 Å². The van der Waals surface area contributed by atoms with Gasteiger partial charge in [-0.05, 0) is 32.1 Å². The fourth-order valence-electron chi connectivity index (χ4n) is 2.25. The number of aromatic nitrogens is 2. The molecule has 0 saturated carbocycles. The number of piperidine rings is 1. The monoisotopic (exact) mass is 287 g/mol. The molecule has 0 spiro atoms. The molecule has 106 valence electrons. The van der Waals surface area contributed by atoms with E-state index in [1.54, 1.807) is 0 Å². The Morgan fingerprint density at radius 2 is 2.11 bits per heavy atom. The summed E-state index contributed by atoms with van der Waals surface area (Å²) in [6, 6.07) is 0. The van der Waals surface area contributed by atoms with Crippen LogP contribution in [0.4, 0.5) is 9.70 Å². The Balaban J connectivity index is 2.31. The van der Waals surface area contributed by atoms with Gasteiger partial charge in [-0.2, -0.15) is 0 Å². The summed E-state index contributed by atoms with van der Waals surface area (Å²) >= 11 is -0.104. The molecule has 7 heteroatoms. The normalized spacial score (nSPS) is 15.8. The van der Waals surface area contributed by atoms with Crippen molar-refractivity contribution < 1.29 is 8.99 Å². The van der Waals surface area contributed by atoms with Crippen LogP contribution in [0.15, 0.2) is 11.0 Å². The lowest BCUT2D eigenvalue weighted by Crippen LogP contribution is -2.36. The number of hydrogen-bond donors (Lipinski definition) is 1. The Bertz CT molecular complexity index is 475. The average Bonchev–Trinajstić information content (AvgIpc) is 2.47. The van der Waals surface area contributed by atoms with Crippen LogP contribution in [0, 0.1) is 0 Å². The summed E-state index contributed by atoms with van der Waals surface area (Å²) in [5.74, 6) is 0.334. The van der Waals surface area contributed by atoms with E-state index in [0.717, 1.165) is 36.3 Å². The predicted octanol–water partition coefficient (Wildman–Crippen LogP) is 1.54. The molecule has 0 aromatic carbocycles. The molecule has 0 bridgehead atoms. The lowest BCUT2D eigenvalue weighted by molar-refractivity contribution is 0.288. The minimum Gasteiger partial charge on any atom is -0.396 e. The SMILES string of the molecule is O=c1c(N2CCCCC2)nc(CCCO)cn1SF. The van der Waals surface area contributed by atoms with Gasteiger partial charge in [0.05, 0.1) is 5.69 Å². The van der Waals surface area contributed by atoms with Crippen LogP contribution in [0.25, 0.3) is 0 Å². The van der Waals surface area contributed by atoms with Crippen molar-refractivity contribution >= 4 is 18.2 Å². The third kappa shape index (κ3) is 3.48. The Kier molecular flexibility index (Phi) is 5.21. The average molecular weight is 287 g/mol. The van der Waals surface area contributed by atoms with Crippen LogP contribution in [-0.4, -0.2) is 33.8 Å². The molecule has 2 rings (SSSR count). The molecule has 19 heavy (non-hydrogen) atoms. The fourth-order valence-corrected chi connectivity index (χ4v) is 2.55. The molecule has 0 aliphatic carbocycles. The van der Waals surface area contributed by atoms with Gasteiger partial charge < -0.3 is 10.0 Å². The van der Waals surface area contributed by atoms with Gasteiger partial charge in [0.1, 0.15) is 0 Å². The van der Waals surface area contributed by atoms with Gasteiger partial charge in [0.2, 0.25) is 0 Å². The number of halogens is 1. The lowest BCUT2D eigenvalue weighted by Gasteiger charge is -2.27. The van der Waals surface area contributed by atoms with Crippen LogP contribution in [0.3, 0.4) is 0 Å². The first-order chi connectivity index (χ1) is 9.26. The summed E-state index contributed by atoms with van der Waals surface area (Å²) < 4.78 is 13.8. The van der Waals surface area contributed by atoms with Gasteiger partial charge in [-0.3, -0.25) is 4.79 Å².